The van der Waals surface area contributed by atoms with Gasteiger partial charge in [-0.1, -0.05) is 30.3 Å². The summed E-state index contributed by atoms with van der Waals surface area (Å²) < 4.78 is 1.90. The fraction of sp³-hybridized carbons (Fsp3) is 0.111. The van der Waals surface area contributed by atoms with Crippen LogP contribution < -0.4 is 11.2 Å². The van der Waals surface area contributed by atoms with Crippen molar-refractivity contribution in [2.24, 2.45) is 5.10 Å². The molecule has 0 saturated carbocycles. The van der Waals surface area contributed by atoms with Crippen LogP contribution in [0.2, 0.25) is 0 Å². The molecule has 0 aliphatic rings. The fourth-order valence-electron chi connectivity index (χ4n) is 2.40. The normalized spacial score (nSPS) is 11.6. The predicted octanol–water partition coefficient (Wildman–Crippen LogP) is 2.76. The van der Waals surface area contributed by atoms with E-state index in [0.29, 0.717) is 5.69 Å². The van der Waals surface area contributed by atoms with Crippen LogP contribution in [0.25, 0.3) is 10.9 Å². The van der Waals surface area contributed by atoms with Gasteiger partial charge in [-0.2, -0.15) is 5.10 Å². The van der Waals surface area contributed by atoms with Gasteiger partial charge in [-0.15, -0.1) is 0 Å². The van der Waals surface area contributed by atoms with Crippen molar-refractivity contribution in [3.8, 4) is 0 Å². The van der Waals surface area contributed by atoms with Gasteiger partial charge in [0.05, 0.1) is 5.71 Å². The van der Waals surface area contributed by atoms with E-state index in [1.54, 1.807) is 0 Å². The molecule has 1 heterocycles. The van der Waals surface area contributed by atoms with Crippen molar-refractivity contribution in [1.82, 2.24) is 9.99 Å². The Labute approximate surface area is 134 Å². The third-order valence-corrected chi connectivity index (χ3v) is 3.67. The number of aromatic nitrogens is 1. The first-order valence-corrected chi connectivity index (χ1v) is 7.36. The average Bonchev–Trinajstić information content (AvgIpc) is 2.96. The molecule has 3 N–H and O–H groups in total. The summed E-state index contributed by atoms with van der Waals surface area (Å²) in [7, 11) is 0. The highest BCUT2D eigenvalue weighted by Crippen LogP contribution is 2.14. The third kappa shape index (κ3) is 3.40. The molecule has 116 valence electrons. The number of nitrogens with two attached hydrogens (primary N) is 1. The Kier molecular flexibility index (Phi) is 4.10. The van der Waals surface area contributed by atoms with Crippen LogP contribution in [0.4, 0.5) is 5.69 Å². The minimum absolute atomic E-state index is 0.166. The quantitative estimate of drug-likeness (QED) is 0.442. The molecule has 0 atom stereocenters. The second-order valence-corrected chi connectivity index (χ2v) is 5.36. The molecule has 23 heavy (non-hydrogen) atoms. The van der Waals surface area contributed by atoms with Crippen molar-refractivity contribution in [2.45, 2.75) is 13.5 Å². The summed E-state index contributed by atoms with van der Waals surface area (Å²) in [6.45, 7) is 2.07. The SMILES string of the molecule is C/C(=N/NC(=O)Cn1ccc2ccccc21)c1ccc(N)cc1. The van der Waals surface area contributed by atoms with Gasteiger partial charge in [-0.3, -0.25) is 4.79 Å². The van der Waals surface area contributed by atoms with E-state index in [4.69, 9.17) is 5.73 Å². The fourth-order valence-corrected chi connectivity index (χ4v) is 2.40. The summed E-state index contributed by atoms with van der Waals surface area (Å²) >= 11 is 0. The molecule has 0 saturated heterocycles. The van der Waals surface area contributed by atoms with Crippen molar-refractivity contribution in [2.75, 3.05) is 5.73 Å². The molecule has 3 aromatic rings. The molecule has 0 aliphatic carbocycles. The Morgan fingerprint density at radius 1 is 1.13 bits per heavy atom. The number of anilines is 1. The van der Waals surface area contributed by atoms with E-state index < -0.39 is 0 Å². The van der Waals surface area contributed by atoms with E-state index in [9.17, 15) is 4.79 Å². The molecule has 0 aliphatic heterocycles. The number of hydrazone groups is 1. The van der Waals surface area contributed by atoms with E-state index in [1.807, 2.05) is 72.3 Å². The van der Waals surface area contributed by atoms with Crippen LogP contribution in [0.1, 0.15) is 12.5 Å². The van der Waals surface area contributed by atoms with Gasteiger partial charge in [0.25, 0.3) is 5.91 Å². The highest BCUT2D eigenvalue weighted by atomic mass is 16.2. The number of hydrogen-bond acceptors (Lipinski definition) is 3. The van der Waals surface area contributed by atoms with Gasteiger partial charge in [-0.25, -0.2) is 5.43 Å². The first-order valence-electron chi connectivity index (χ1n) is 7.36. The molecule has 0 fully saturated rings. The van der Waals surface area contributed by atoms with Gasteiger partial charge in [0, 0.05) is 17.4 Å². The van der Waals surface area contributed by atoms with Crippen LogP contribution in [-0.2, 0) is 11.3 Å². The van der Waals surface area contributed by atoms with Crippen molar-refractivity contribution in [3.63, 3.8) is 0 Å². The number of para-hydroxylation sites is 1. The Balaban J connectivity index is 1.67. The number of benzene rings is 2. The molecule has 5 heteroatoms. The van der Waals surface area contributed by atoms with Gasteiger partial charge >= 0.3 is 0 Å². The second kappa shape index (κ2) is 6.36. The number of amides is 1. The Morgan fingerprint density at radius 2 is 1.87 bits per heavy atom. The zero-order valence-electron chi connectivity index (χ0n) is 12.9. The van der Waals surface area contributed by atoms with Crippen molar-refractivity contribution in [1.29, 1.82) is 0 Å². The summed E-state index contributed by atoms with van der Waals surface area (Å²) in [6.07, 6.45) is 1.90. The molecule has 5 nitrogen and oxygen atoms in total. The van der Waals surface area contributed by atoms with E-state index in [2.05, 4.69) is 10.5 Å². The Hall–Kier alpha value is -3.08. The van der Waals surface area contributed by atoms with Gasteiger partial charge in [0.15, 0.2) is 0 Å². The van der Waals surface area contributed by atoms with Crippen LogP contribution in [0, 0.1) is 0 Å². The maximum Gasteiger partial charge on any atom is 0.259 e. The van der Waals surface area contributed by atoms with Crippen molar-refractivity contribution >= 4 is 28.2 Å². The monoisotopic (exact) mass is 306 g/mol. The molecular weight excluding hydrogens is 288 g/mol. The van der Waals surface area contributed by atoms with Crippen molar-refractivity contribution in [3.05, 3.63) is 66.4 Å². The molecule has 0 spiro atoms. The lowest BCUT2D eigenvalue weighted by Crippen LogP contribution is -2.23. The lowest BCUT2D eigenvalue weighted by atomic mass is 10.1. The highest BCUT2D eigenvalue weighted by molar-refractivity contribution is 5.99. The smallest absolute Gasteiger partial charge is 0.259 e. The van der Waals surface area contributed by atoms with E-state index in [0.717, 1.165) is 22.2 Å². The molecule has 0 radical (unpaired) electrons. The van der Waals surface area contributed by atoms with Crippen LogP contribution in [-0.4, -0.2) is 16.2 Å². The average molecular weight is 306 g/mol. The van der Waals surface area contributed by atoms with Crippen LogP contribution >= 0.6 is 0 Å². The molecular formula is C18H18N4O. The number of nitrogen functional groups attached to an aromatic ring is 1. The zero-order chi connectivity index (χ0) is 16.2. The van der Waals surface area contributed by atoms with Gasteiger partial charge in [-0.05, 0) is 42.1 Å². The molecule has 1 aromatic heterocycles. The summed E-state index contributed by atoms with van der Waals surface area (Å²) in [4.78, 5) is 12.1. The topological polar surface area (TPSA) is 72.4 Å². The van der Waals surface area contributed by atoms with E-state index in [-0.39, 0.29) is 12.5 Å². The summed E-state index contributed by atoms with van der Waals surface area (Å²) in [6, 6.07) is 17.3. The van der Waals surface area contributed by atoms with Crippen LogP contribution in [0.5, 0.6) is 0 Å². The van der Waals surface area contributed by atoms with Gasteiger partial charge in [0.2, 0.25) is 0 Å². The van der Waals surface area contributed by atoms with E-state index >= 15 is 0 Å². The van der Waals surface area contributed by atoms with E-state index in [1.165, 1.54) is 0 Å². The number of rotatable bonds is 4. The lowest BCUT2D eigenvalue weighted by Gasteiger charge is -2.06. The summed E-state index contributed by atoms with van der Waals surface area (Å²) in [5.41, 5.74) is 11.6. The maximum atomic E-state index is 12.1. The molecule has 1 amide bonds. The summed E-state index contributed by atoms with van der Waals surface area (Å²) in [5.74, 6) is -0.166. The van der Waals surface area contributed by atoms with Gasteiger partial charge < -0.3 is 10.3 Å². The molecule has 3 rings (SSSR count). The second-order valence-electron chi connectivity index (χ2n) is 5.36. The third-order valence-electron chi connectivity index (χ3n) is 3.67. The first kappa shape index (κ1) is 14.8. The first-order chi connectivity index (χ1) is 11.1. The summed E-state index contributed by atoms with van der Waals surface area (Å²) in [5, 5.41) is 5.26. The highest BCUT2D eigenvalue weighted by Gasteiger charge is 2.05. The standard InChI is InChI=1S/C18H18N4O/c1-13(14-6-8-16(19)9-7-14)20-21-18(23)12-22-11-10-15-4-2-3-5-17(15)22/h2-11H,12,19H2,1H3,(H,21,23)/b20-13-. The van der Waals surface area contributed by atoms with Crippen molar-refractivity contribution < 1.29 is 4.79 Å². The predicted molar refractivity (Wildman–Crippen MR) is 93.1 cm³/mol. The van der Waals surface area contributed by atoms with Crippen LogP contribution in [0.15, 0.2) is 65.9 Å². The molecule has 0 bridgehead atoms. The number of nitrogens with one attached hydrogen (secondary N) is 1. The number of hydrogen-bond donors (Lipinski definition) is 2. The molecule has 2 aromatic carbocycles. The van der Waals surface area contributed by atoms with Gasteiger partial charge in [0.1, 0.15) is 6.54 Å². The Morgan fingerprint density at radius 3 is 2.65 bits per heavy atom. The number of nitrogens with zero attached hydrogens (tertiary/aromatic N) is 2. The van der Waals surface area contributed by atoms with Crippen LogP contribution in [0.3, 0.4) is 0 Å². The lowest BCUT2D eigenvalue weighted by molar-refractivity contribution is -0.121. The maximum absolute atomic E-state index is 12.1. The largest absolute Gasteiger partial charge is 0.399 e. The zero-order valence-corrected chi connectivity index (χ0v) is 12.9. The minimum atomic E-state index is -0.166. The minimum Gasteiger partial charge on any atom is -0.399 e. The molecule has 0 unspecified atom stereocenters. The Bertz CT molecular complexity index is 862. The number of carbonyl (C=O) groups is 1. The number of fused-ring (bicyclic) bond motifs is 1. The number of carbonyl (C=O) groups excluding carboxylic acids is 1.